The van der Waals surface area contributed by atoms with E-state index in [1.54, 1.807) is 12.4 Å². The number of ketones is 1. The summed E-state index contributed by atoms with van der Waals surface area (Å²) in [5.74, 6) is -0.00703. The van der Waals surface area contributed by atoms with Gasteiger partial charge in [0.2, 0.25) is 0 Å². The number of halogens is 1. The number of hydrogen-bond donors (Lipinski definition) is 0. The molecule has 0 fully saturated rings. The summed E-state index contributed by atoms with van der Waals surface area (Å²) < 4.78 is 1.96. The highest BCUT2D eigenvalue weighted by Gasteiger charge is 2.11. The van der Waals surface area contributed by atoms with Crippen molar-refractivity contribution in [3.8, 4) is 0 Å². The van der Waals surface area contributed by atoms with Gasteiger partial charge >= 0.3 is 0 Å². The molecule has 0 bridgehead atoms. The van der Waals surface area contributed by atoms with Crippen LogP contribution in [0.5, 0.6) is 0 Å². The highest BCUT2D eigenvalue weighted by molar-refractivity contribution is 9.09. The minimum atomic E-state index is -0.00703. The molecule has 1 heterocycles. The summed E-state index contributed by atoms with van der Waals surface area (Å²) in [6, 6.07) is 10.1. The van der Waals surface area contributed by atoms with E-state index in [4.69, 9.17) is 0 Å². The van der Waals surface area contributed by atoms with Crippen molar-refractivity contribution in [3.05, 3.63) is 60.2 Å². The summed E-state index contributed by atoms with van der Waals surface area (Å²) in [4.78, 5) is 15.5. The van der Waals surface area contributed by atoms with Crippen LogP contribution in [0.1, 0.15) is 16.1 Å². The number of nitrogens with zero attached hydrogens (tertiary/aromatic N) is 2. The maximum atomic E-state index is 11.5. The number of alkyl halides is 1. The highest BCUT2D eigenvalue weighted by Crippen LogP contribution is 1.99. The predicted molar refractivity (Wildman–Crippen MR) is 68.1 cm³/mol. The first-order valence-corrected chi connectivity index (χ1v) is 6.40. The lowest BCUT2D eigenvalue weighted by molar-refractivity contribution is -0.689. The molecule has 0 amide bonds. The number of carbonyl (C=O) groups excluding carboxylic acids is 1. The molecule has 0 N–H and O–H groups in total. The molecule has 4 heteroatoms. The third-order valence-corrected chi connectivity index (χ3v) is 2.88. The standard InChI is InChI=1S/C13H12BrN2O/c14-8-13(17)12-10-16(7-6-15-12)9-11-4-2-1-3-5-11/h1-7,10H,8-9H2/q+1. The number of hydrogen-bond acceptors (Lipinski definition) is 2. The number of benzene rings is 1. The van der Waals surface area contributed by atoms with Gasteiger partial charge in [-0.15, -0.1) is 0 Å². The Morgan fingerprint density at radius 2 is 2.06 bits per heavy atom. The molecule has 1 aromatic heterocycles. The first-order valence-electron chi connectivity index (χ1n) is 5.28. The van der Waals surface area contributed by atoms with Gasteiger partial charge in [-0.1, -0.05) is 46.3 Å². The molecule has 0 unspecified atom stereocenters. The smallest absolute Gasteiger partial charge is 0.198 e. The molecule has 3 nitrogen and oxygen atoms in total. The van der Waals surface area contributed by atoms with Gasteiger partial charge in [0.05, 0.1) is 11.5 Å². The van der Waals surface area contributed by atoms with Crippen LogP contribution in [0.3, 0.4) is 0 Å². The van der Waals surface area contributed by atoms with E-state index < -0.39 is 0 Å². The molecule has 0 radical (unpaired) electrons. The lowest BCUT2D eigenvalue weighted by Crippen LogP contribution is -2.35. The monoisotopic (exact) mass is 291 g/mol. The fourth-order valence-corrected chi connectivity index (χ4v) is 1.82. The summed E-state index contributed by atoms with van der Waals surface area (Å²) in [6.45, 7) is 0.742. The van der Waals surface area contributed by atoms with Crippen molar-refractivity contribution in [2.75, 3.05) is 5.33 Å². The fourth-order valence-electron chi connectivity index (χ4n) is 1.54. The Balaban J connectivity index is 2.20. The molecule has 0 aliphatic heterocycles. The summed E-state index contributed by atoms with van der Waals surface area (Å²) in [5.41, 5.74) is 1.68. The molecule has 2 aromatic rings. The van der Waals surface area contributed by atoms with Gasteiger partial charge in [0.15, 0.2) is 30.4 Å². The molecule has 0 atom stereocenters. The molecule has 1 aromatic carbocycles. The van der Waals surface area contributed by atoms with Crippen molar-refractivity contribution in [3.63, 3.8) is 0 Å². The average Bonchev–Trinajstić information content (AvgIpc) is 2.39. The molecule has 2 rings (SSSR count). The van der Waals surface area contributed by atoms with Gasteiger partial charge in [-0.25, -0.2) is 4.98 Å². The first kappa shape index (κ1) is 11.9. The number of Topliss-reactive ketones (excluding diaryl/α,β-unsaturated/α-hetero) is 1. The molecular formula is C13H12BrN2O+. The van der Waals surface area contributed by atoms with Crippen LogP contribution in [0, 0.1) is 0 Å². The van der Waals surface area contributed by atoms with E-state index in [9.17, 15) is 4.79 Å². The fraction of sp³-hybridized carbons (Fsp3) is 0.154. The topological polar surface area (TPSA) is 33.8 Å². The van der Waals surface area contributed by atoms with Gasteiger partial charge in [0.1, 0.15) is 0 Å². The largest absolute Gasteiger partial charge is 0.291 e. The van der Waals surface area contributed by atoms with E-state index in [1.165, 1.54) is 5.56 Å². The molecule has 0 aliphatic carbocycles. The van der Waals surface area contributed by atoms with Crippen LogP contribution in [0.2, 0.25) is 0 Å². The number of carbonyl (C=O) groups is 1. The quantitative estimate of drug-likeness (QED) is 0.490. The minimum absolute atomic E-state index is 0.00703. The van der Waals surface area contributed by atoms with Gasteiger partial charge < -0.3 is 0 Å². The Hall–Kier alpha value is -1.55. The zero-order valence-corrected chi connectivity index (χ0v) is 10.8. The summed E-state index contributed by atoms with van der Waals surface area (Å²) in [6.07, 6.45) is 5.29. The van der Waals surface area contributed by atoms with Gasteiger partial charge in [0.25, 0.3) is 0 Å². The van der Waals surface area contributed by atoms with Gasteiger partial charge in [-0.3, -0.25) is 4.79 Å². The Labute approximate surface area is 108 Å². The number of aromatic nitrogens is 2. The molecule has 0 aliphatic rings. The van der Waals surface area contributed by atoms with Crippen LogP contribution in [0.4, 0.5) is 0 Å². The second kappa shape index (κ2) is 5.68. The van der Waals surface area contributed by atoms with Crippen LogP contribution >= 0.6 is 15.9 Å². The highest BCUT2D eigenvalue weighted by atomic mass is 79.9. The molecule has 0 spiro atoms. The summed E-state index contributed by atoms with van der Waals surface area (Å²) in [7, 11) is 0. The third-order valence-electron chi connectivity index (χ3n) is 2.37. The van der Waals surface area contributed by atoms with Crippen molar-refractivity contribution in [1.82, 2.24) is 4.98 Å². The van der Waals surface area contributed by atoms with E-state index in [0.29, 0.717) is 11.0 Å². The van der Waals surface area contributed by atoms with Crippen LogP contribution in [-0.2, 0) is 6.54 Å². The molecule has 86 valence electrons. The van der Waals surface area contributed by atoms with Crippen LogP contribution in [-0.4, -0.2) is 16.1 Å². The summed E-state index contributed by atoms with van der Waals surface area (Å²) >= 11 is 3.14. The first-order chi connectivity index (χ1) is 8.29. The van der Waals surface area contributed by atoms with E-state index in [2.05, 4.69) is 33.0 Å². The maximum absolute atomic E-state index is 11.5. The summed E-state index contributed by atoms with van der Waals surface area (Å²) in [5, 5.41) is 0.301. The second-order valence-corrected chi connectivity index (χ2v) is 4.22. The van der Waals surface area contributed by atoms with Crippen molar-refractivity contribution < 1.29 is 9.36 Å². The Kier molecular flexibility index (Phi) is 3.98. The maximum Gasteiger partial charge on any atom is 0.198 e. The average molecular weight is 292 g/mol. The molecule has 0 saturated carbocycles. The minimum Gasteiger partial charge on any atom is -0.291 e. The van der Waals surface area contributed by atoms with E-state index >= 15 is 0 Å². The number of rotatable bonds is 4. The van der Waals surface area contributed by atoms with Crippen molar-refractivity contribution in [2.45, 2.75) is 6.54 Å². The third kappa shape index (κ3) is 3.20. The Morgan fingerprint density at radius 1 is 1.29 bits per heavy atom. The SMILES string of the molecule is O=C(CBr)c1c[n+](Cc2ccccc2)ccn1. The zero-order valence-electron chi connectivity index (χ0n) is 9.21. The van der Waals surface area contributed by atoms with Crippen LogP contribution < -0.4 is 4.57 Å². The second-order valence-electron chi connectivity index (χ2n) is 3.66. The van der Waals surface area contributed by atoms with Crippen LogP contribution in [0.15, 0.2) is 48.9 Å². The molecular weight excluding hydrogens is 280 g/mol. The Morgan fingerprint density at radius 3 is 2.76 bits per heavy atom. The van der Waals surface area contributed by atoms with Crippen molar-refractivity contribution in [2.24, 2.45) is 0 Å². The molecule has 0 saturated heterocycles. The van der Waals surface area contributed by atoms with Gasteiger partial charge in [-0.2, -0.15) is 4.57 Å². The lowest BCUT2D eigenvalue weighted by Gasteiger charge is -1.98. The zero-order chi connectivity index (χ0) is 12.1. The van der Waals surface area contributed by atoms with Crippen LogP contribution in [0.25, 0.3) is 0 Å². The van der Waals surface area contributed by atoms with Gasteiger partial charge in [-0.05, 0) is 0 Å². The van der Waals surface area contributed by atoms with E-state index in [-0.39, 0.29) is 5.78 Å². The van der Waals surface area contributed by atoms with Crippen molar-refractivity contribution >= 4 is 21.7 Å². The molecule has 17 heavy (non-hydrogen) atoms. The predicted octanol–water partition coefficient (Wildman–Crippen LogP) is 2.00. The normalized spacial score (nSPS) is 10.2. The Bertz CT molecular complexity index is 514. The van der Waals surface area contributed by atoms with E-state index in [0.717, 1.165) is 6.54 Å². The van der Waals surface area contributed by atoms with Crippen molar-refractivity contribution in [1.29, 1.82) is 0 Å². The lowest BCUT2D eigenvalue weighted by atomic mass is 10.2. The van der Waals surface area contributed by atoms with E-state index in [1.807, 2.05) is 29.0 Å². The van der Waals surface area contributed by atoms with Gasteiger partial charge in [0, 0.05) is 5.56 Å².